The Morgan fingerprint density at radius 3 is 2.96 bits per heavy atom. The molecular weight excluding hydrogens is 338 g/mol. The van der Waals surface area contributed by atoms with Crippen LogP contribution in [0.2, 0.25) is 0 Å². The van der Waals surface area contributed by atoms with Crippen LogP contribution in [-0.2, 0) is 16.0 Å². The molecule has 1 aliphatic carbocycles. The quantitative estimate of drug-likeness (QED) is 0.803. The van der Waals surface area contributed by atoms with Gasteiger partial charge in [0.05, 0.1) is 11.7 Å². The highest BCUT2D eigenvalue weighted by Crippen LogP contribution is 2.29. The minimum atomic E-state index is -0.533. The molecule has 0 saturated carbocycles. The van der Waals surface area contributed by atoms with E-state index in [4.69, 9.17) is 4.74 Å². The Labute approximate surface area is 150 Å². The van der Waals surface area contributed by atoms with Gasteiger partial charge < -0.3 is 15.4 Å². The van der Waals surface area contributed by atoms with Crippen molar-refractivity contribution in [2.45, 2.75) is 32.2 Å². The first-order valence-corrected chi connectivity index (χ1v) is 9.05. The van der Waals surface area contributed by atoms with E-state index in [2.05, 4.69) is 21.1 Å². The normalized spacial score (nSPS) is 16.0. The van der Waals surface area contributed by atoms with E-state index in [0.29, 0.717) is 16.3 Å². The van der Waals surface area contributed by atoms with Crippen LogP contribution < -0.4 is 10.6 Å². The van der Waals surface area contributed by atoms with E-state index in [1.807, 2.05) is 18.2 Å². The fraction of sp³-hybridized carbons (Fsp3) is 0.389. The van der Waals surface area contributed by atoms with Crippen molar-refractivity contribution < 1.29 is 14.3 Å². The molecule has 132 valence electrons. The molecule has 1 atom stereocenters. The predicted molar refractivity (Wildman–Crippen MR) is 96.9 cm³/mol. The molecule has 0 aliphatic heterocycles. The summed E-state index contributed by atoms with van der Waals surface area (Å²) in [4.78, 5) is 24.4. The molecule has 1 heterocycles. The average molecular weight is 359 g/mol. The SMILES string of the molecule is CNc1snc(C)c1C(=O)OCC(=O)NC1CCCc2ccccc21. The fourth-order valence-electron chi connectivity index (χ4n) is 3.12. The second kappa shape index (κ2) is 7.65. The minimum absolute atomic E-state index is 0.0198. The van der Waals surface area contributed by atoms with Gasteiger partial charge in [-0.1, -0.05) is 24.3 Å². The van der Waals surface area contributed by atoms with Crippen LogP contribution in [0.1, 0.15) is 46.1 Å². The topological polar surface area (TPSA) is 80.3 Å². The van der Waals surface area contributed by atoms with Crippen LogP contribution in [-0.4, -0.2) is 29.9 Å². The van der Waals surface area contributed by atoms with Gasteiger partial charge in [-0.25, -0.2) is 4.79 Å². The van der Waals surface area contributed by atoms with E-state index >= 15 is 0 Å². The Balaban J connectivity index is 1.59. The first-order chi connectivity index (χ1) is 12.1. The van der Waals surface area contributed by atoms with Gasteiger partial charge in [-0.3, -0.25) is 4.79 Å². The number of esters is 1. The van der Waals surface area contributed by atoms with Gasteiger partial charge in [-0.05, 0) is 48.8 Å². The molecule has 1 aliphatic rings. The Kier molecular flexibility index (Phi) is 5.33. The van der Waals surface area contributed by atoms with E-state index in [9.17, 15) is 9.59 Å². The number of aryl methyl sites for hydroxylation is 2. The smallest absolute Gasteiger partial charge is 0.343 e. The van der Waals surface area contributed by atoms with Crippen LogP contribution in [0, 0.1) is 6.92 Å². The van der Waals surface area contributed by atoms with E-state index < -0.39 is 5.97 Å². The largest absolute Gasteiger partial charge is 0.452 e. The van der Waals surface area contributed by atoms with Gasteiger partial charge in [0.25, 0.3) is 5.91 Å². The van der Waals surface area contributed by atoms with Gasteiger partial charge in [-0.15, -0.1) is 0 Å². The number of amides is 1. The number of aromatic nitrogens is 1. The molecule has 1 aromatic carbocycles. The number of ether oxygens (including phenoxy) is 1. The molecule has 7 heteroatoms. The molecule has 0 fully saturated rings. The summed E-state index contributed by atoms with van der Waals surface area (Å²) in [5, 5.41) is 6.53. The van der Waals surface area contributed by atoms with Crippen molar-refractivity contribution in [3.8, 4) is 0 Å². The highest BCUT2D eigenvalue weighted by molar-refractivity contribution is 7.10. The van der Waals surface area contributed by atoms with Crippen LogP contribution in [0.25, 0.3) is 0 Å². The third-order valence-electron chi connectivity index (χ3n) is 4.33. The summed E-state index contributed by atoms with van der Waals surface area (Å²) in [5.41, 5.74) is 3.42. The lowest BCUT2D eigenvalue weighted by Gasteiger charge is -2.26. The second-order valence-electron chi connectivity index (χ2n) is 6.01. The molecule has 0 saturated heterocycles. The Morgan fingerprint density at radius 2 is 2.16 bits per heavy atom. The molecule has 2 N–H and O–H groups in total. The van der Waals surface area contributed by atoms with Crippen molar-refractivity contribution >= 4 is 28.4 Å². The zero-order valence-corrected chi connectivity index (χ0v) is 15.1. The zero-order chi connectivity index (χ0) is 17.8. The monoisotopic (exact) mass is 359 g/mol. The number of carbonyl (C=O) groups excluding carboxylic acids is 2. The number of hydrogen-bond acceptors (Lipinski definition) is 6. The van der Waals surface area contributed by atoms with Gasteiger partial charge in [0.2, 0.25) is 0 Å². The Bertz CT molecular complexity index is 788. The van der Waals surface area contributed by atoms with E-state index in [-0.39, 0.29) is 18.6 Å². The number of nitrogens with one attached hydrogen (secondary N) is 2. The van der Waals surface area contributed by atoms with E-state index in [1.54, 1.807) is 14.0 Å². The summed E-state index contributed by atoms with van der Waals surface area (Å²) in [6.45, 7) is 1.45. The summed E-state index contributed by atoms with van der Waals surface area (Å²) in [6, 6.07) is 8.12. The minimum Gasteiger partial charge on any atom is -0.452 e. The molecule has 1 amide bonds. The maximum Gasteiger partial charge on any atom is 0.343 e. The molecule has 2 aromatic rings. The van der Waals surface area contributed by atoms with Gasteiger partial charge in [0, 0.05) is 7.05 Å². The molecule has 0 radical (unpaired) electrons. The van der Waals surface area contributed by atoms with Crippen LogP contribution in [0.4, 0.5) is 5.00 Å². The average Bonchev–Trinajstić information content (AvgIpc) is 3.01. The molecule has 3 rings (SSSR count). The third kappa shape index (κ3) is 3.82. The lowest BCUT2D eigenvalue weighted by atomic mass is 9.88. The van der Waals surface area contributed by atoms with Crippen molar-refractivity contribution in [1.82, 2.24) is 9.69 Å². The third-order valence-corrected chi connectivity index (χ3v) is 5.29. The number of hydrogen-bond donors (Lipinski definition) is 2. The highest BCUT2D eigenvalue weighted by Gasteiger charge is 2.23. The van der Waals surface area contributed by atoms with Crippen molar-refractivity contribution in [2.75, 3.05) is 19.0 Å². The standard InChI is InChI=1S/C18H21N3O3S/c1-11-16(17(19-2)25-21-11)18(23)24-10-15(22)20-14-9-5-7-12-6-3-4-8-13(12)14/h3-4,6,8,14,19H,5,7,9-10H2,1-2H3,(H,20,22). The fourth-order valence-corrected chi connectivity index (χ4v) is 3.86. The molecular formula is C18H21N3O3S. The summed E-state index contributed by atoms with van der Waals surface area (Å²) in [6.07, 6.45) is 2.97. The maximum absolute atomic E-state index is 12.2. The van der Waals surface area contributed by atoms with Gasteiger partial charge >= 0.3 is 5.97 Å². The molecule has 1 unspecified atom stereocenters. The summed E-state index contributed by atoms with van der Waals surface area (Å²) in [5.74, 6) is -0.823. The van der Waals surface area contributed by atoms with E-state index in [1.165, 1.54) is 17.1 Å². The highest BCUT2D eigenvalue weighted by atomic mass is 32.1. The molecule has 0 bridgehead atoms. The van der Waals surface area contributed by atoms with Gasteiger partial charge in [0.15, 0.2) is 6.61 Å². The first kappa shape index (κ1) is 17.4. The second-order valence-corrected chi connectivity index (χ2v) is 6.78. The Morgan fingerprint density at radius 1 is 1.36 bits per heavy atom. The molecule has 0 spiro atoms. The number of anilines is 1. The van der Waals surface area contributed by atoms with Crippen molar-refractivity contribution in [1.29, 1.82) is 0 Å². The number of fused-ring (bicyclic) bond motifs is 1. The summed E-state index contributed by atoms with van der Waals surface area (Å²) >= 11 is 1.20. The number of nitrogens with zero attached hydrogens (tertiary/aromatic N) is 1. The van der Waals surface area contributed by atoms with Crippen LogP contribution in [0.15, 0.2) is 24.3 Å². The van der Waals surface area contributed by atoms with Crippen LogP contribution in [0.5, 0.6) is 0 Å². The van der Waals surface area contributed by atoms with Gasteiger partial charge in [-0.2, -0.15) is 4.37 Å². The molecule has 25 heavy (non-hydrogen) atoms. The van der Waals surface area contributed by atoms with Crippen molar-refractivity contribution in [2.24, 2.45) is 0 Å². The van der Waals surface area contributed by atoms with Crippen LogP contribution >= 0.6 is 11.5 Å². The number of benzene rings is 1. The summed E-state index contributed by atoms with van der Waals surface area (Å²) < 4.78 is 9.31. The van der Waals surface area contributed by atoms with E-state index in [0.717, 1.165) is 24.8 Å². The van der Waals surface area contributed by atoms with Crippen molar-refractivity contribution in [3.05, 3.63) is 46.6 Å². The molecule has 6 nitrogen and oxygen atoms in total. The first-order valence-electron chi connectivity index (χ1n) is 8.28. The number of carbonyl (C=O) groups is 2. The number of rotatable bonds is 5. The summed E-state index contributed by atoms with van der Waals surface area (Å²) in [7, 11) is 1.72. The van der Waals surface area contributed by atoms with Crippen LogP contribution in [0.3, 0.4) is 0 Å². The maximum atomic E-state index is 12.2. The van der Waals surface area contributed by atoms with Crippen molar-refractivity contribution in [3.63, 3.8) is 0 Å². The zero-order valence-electron chi connectivity index (χ0n) is 14.3. The molecule has 1 aromatic heterocycles. The lowest BCUT2D eigenvalue weighted by molar-refractivity contribution is -0.125. The predicted octanol–water partition coefficient (Wildman–Crippen LogP) is 2.84. The Hall–Kier alpha value is -2.41. The lowest BCUT2D eigenvalue weighted by Crippen LogP contribution is -2.34. The van der Waals surface area contributed by atoms with Gasteiger partial charge in [0.1, 0.15) is 10.6 Å².